The van der Waals surface area contributed by atoms with Crippen LogP contribution in [0, 0.1) is 18.6 Å². The molecule has 5 heteroatoms. The van der Waals surface area contributed by atoms with E-state index in [0.29, 0.717) is 12.0 Å². The molecule has 0 amide bonds. The SMILES string of the molecule is Cc1cc(C(Cc2ccc(F)cc2F)NN)ccc1Br. The van der Waals surface area contributed by atoms with Crippen LogP contribution in [0.3, 0.4) is 0 Å². The van der Waals surface area contributed by atoms with Gasteiger partial charge in [0.05, 0.1) is 6.04 Å². The molecular weight excluding hydrogens is 326 g/mol. The van der Waals surface area contributed by atoms with Crippen molar-refractivity contribution in [3.63, 3.8) is 0 Å². The van der Waals surface area contributed by atoms with Gasteiger partial charge in [0.2, 0.25) is 0 Å². The molecule has 3 N–H and O–H groups in total. The Labute approximate surface area is 125 Å². The maximum absolute atomic E-state index is 13.7. The molecule has 0 saturated carbocycles. The summed E-state index contributed by atoms with van der Waals surface area (Å²) in [7, 11) is 0. The van der Waals surface area contributed by atoms with Crippen molar-refractivity contribution < 1.29 is 8.78 Å². The summed E-state index contributed by atoms with van der Waals surface area (Å²) in [6.45, 7) is 1.97. The highest BCUT2D eigenvalue weighted by Crippen LogP contribution is 2.24. The summed E-state index contributed by atoms with van der Waals surface area (Å²) in [6, 6.07) is 9.17. The topological polar surface area (TPSA) is 38.0 Å². The van der Waals surface area contributed by atoms with E-state index in [1.165, 1.54) is 12.1 Å². The highest BCUT2D eigenvalue weighted by molar-refractivity contribution is 9.10. The van der Waals surface area contributed by atoms with Crippen LogP contribution < -0.4 is 11.3 Å². The first-order valence-corrected chi connectivity index (χ1v) is 6.96. The van der Waals surface area contributed by atoms with Gasteiger partial charge in [-0.15, -0.1) is 0 Å². The molecule has 0 spiro atoms. The van der Waals surface area contributed by atoms with E-state index >= 15 is 0 Å². The van der Waals surface area contributed by atoms with Gasteiger partial charge in [-0.25, -0.2) is 8.78 Å². The third-order valence-corrected chi connectivity index (χ3v) is 4.11. The molecule has 0 radical (unpaired) electrons. The molecule has 106 valence electrons. The standard InChI is InChI=1S/C15H15BrF2N2/c1-9-6-11(3-5-13(9)16)15(20-19)7-10-2-4-12(17)8-14(10)18/h2-6,8,15,20H,7,19H2,1H3. The van der Waals surface area contributed by atoms with Gasteiger partial charge in [0.1, 0.15) is 11.6 Å². The Morgan fingerprint density at radius 2 is 1.95 bits per heavy atom. The fraction of sp³-hybridized carbons (Fsp3) is 0.200. The largest absolute Gasteiger partial charge is 0.271 e. The van der Waals surface area contributed by atoms with Crippen molar-refractivity contribution in [1.82, 2.24) is 5.43 Å². The highest BCUT2D eigenvalue weighted by atomic mass is 79.9. The van der Waals surface area contributed by atoms with Crippen molar-refractivity contribution in [1.29, 1.82) is 0 Å². The zero-order valence-electron chi connectivity index (χ0n) is 11.0. The maximum atomic E-state index is 13.7. The Morgan fingerprint density at radius 3 is 2.55 bits per heavy atom. The lowest BCUT2D eigenvalue weighted by Crippen LogP contribution is -2.29. The maximum Gasteiger partial charge on any atom is 0.129 e. The van der Waals surface area contributed by atoms with E-state index in [4.69, 9.17) is 5.84 Å². The van der Waals surface area contributed by atoms with Crippen LogP contribution in [0.25, 0.3) is 0 Å². The average Bonchev–Trinajstić information content (AvgIpc) is 2.41. The first kappa shape index (κ1) is 15.1. The first-order chi connectivity index (χ1) is 9.51. The zero-order chi connectivity index (χ0) is 14.7. The van der Waals surface area contributed by atoms with Crippen LogP contribution in [0.2, 0.25) is 0 Å². The fourth-order valence-corrected chi connectivity index (χ4v) is 2.31. The smallest absolute Gasteiger partial charge is 0.129 e. The van der Waals surface area contributed by atoms with Crippen LogP contribution in [0.4, 0.5) is 8.78 Å². The van der Waals surface area contributed by atoms with E-state index < -0.39 is 11.6 Å². The molecule has 20 heavy (non-hydrogen) atoms. The number of nitrogens with one attached hydrogen (secondary N) is 1. The van der Waals surface area contributed by atoms with Crippen LogP contribution in [0.1, 0.15) is 22.7 Å². The number of aryl methyl sites for hydroxylation is 1. The number of hydrogen-bond donors (Lipinski definition) is 2. The first-order valence-electron chi connectivity index (χ1n) is 6.17. The van der Waals surface area contributed by atoms with E-state index in [9.17, 15) is 8.78 Å². The van der Waals surface area contributed by atoms with E-state index in [1.807, 2.05) is 25.1 Å². The predicted molar refractivity (Wildman–Crippen MR) is 79.0 cm³/mol. The monoisotopic (exact) mass is 340 g/mol. The van der Waals surface area contributed by atoms with Gasteiger partial charge in [0, 0.05) is 10.5 Å². The molecule has 0 aliphatic rings. The van der Waals surface area contributed by atoms with Crippen molar-refractivity contribution in [2.24, 2.45) is 5.84 Å². The van der Waals surface area contributed by atoms with E-state index in [-0.39, 0.29) is 6.04 Å². The number of hydrogen-bond acceptors (Lipinski definition) is 2. The van der Waals surface area contributed by atoms with Crippen molar-refractivity contribution >= 4 is 15.9 Å². The second-order valence-electron chi connectivity index (χ2n) is 4.67. The number of benzene rings is 2. The van der Waals surface area contributed by atoms with Gasteiger partial charge in [-0.3, -0.25) is 11.3 Å². The summed E-state index contributed by atoms with van der Waals surface area (Å²) < 4.78 is 27.6. The van der Waals surface area contributed by atoms with Gasteiger partial charge in [0.15, 0.2) is 0 Å². The molecule has 0 aliphatic carbocycles. The van der Waals surface area contributed by atoms with Crippen LogP contribution in [0.5, 0.6) is 0 Å². The summed E-state index contributed by atoms with van der Waals surface area (Å²) in [5, 5.41) is 0. The predicted octanol–water partition coefficient (Wildman–Crippen LogP) is 3.78. The highest BCUT2D eigenvalue weighted by Gasteiger charge is 2.14. The Bertz CT molecular complexity index is 617. The molecule has 0 aromatic heterocycles. The molecular formula is C15H15BrF2N2. The van der Waals surface area contributed by atoms with Crippen LogP contribution in [-0.4, -0.2) is 0 Å². The Balaban J connectivity index is 2.26. The molecule has 0 saturated heterocycles. The van der Waals surface area contributed by atoms with Gasteiger partial charge >= 0.3 is 0 Å². The van der Waals surface area contributed by atoms with Crippen molar-refractivity contribution in [3.8, 4) is 0 Å². The van der Waals surface area contributed by atoms with Gasteiger partial charge in [-0.1, -0.05) is 34.1 Å². The fourth-order valence-electron chi connectivity index (χ4n) is 2.06. The Hall–Kier alpha value is -1.30. The van der Waals surface area contributed by atoms with Gasteiger partial charge in [-0.05, 0) is 42.2 Å². The molecule has 2 rings (SSSR count). The molecule has 0 heterocycles. The second kappa shape index (κ2) is 6.43. The van der Waals surface area contributed by atoms with Crippen LogP contribution in [0.15, 0.2) is 40.9 Å². The number of rotatable bonds is 4. The van der Waals surface area contributed by atoms with Crippen molar-refractivity contribution in [2.75, 3.05) is 0 Å². The van der Waals surface area contributed by atoms with Crippen molar-refractivity contribution in [2.45, 2.75) is 19.4 Å². The minimum absolute atomic E-state index is 0.234. The number of hydrazine groups is 1. The molecule has 0 bridgehead atoms. The minimum atomic E-state index is -0.581. The van der Waals surface area contributed by atoms with Gasteiger partial charge in [-0.2, -0.15) is 0 Å². The second-order valence-corrected chi connectivity index (χ2v) is 5.52. The molecule has 0 fully saturated rings. The van der Waals surface area contributed by atoms with Crippen molar-refractivity contribution in [3.05, 3.63) is 69.2 Å². The number of nitrogens with two attached hydrogens (primary N) is 1. The van der Waals surface area contributed by atoms with Gasteiger partial charge in [0.25, 0.3) is 0 Å². The molecule has 2 nitrogen and oxygen atoms in total. The lowest BCUT2D eigenvalue weighted by Gasteiger charge is -2.18. The Morgan fingerprint density at radius 1 is 1.20 bits per heavy atom. The van der Waals surface area contributed by atoms with E-state index in [1.54, 1.807) is 0 Å². The zero-order valence-corrected chi connectivity index (χ0v) is 12.5. The molecule has 1 atom stereocenters. The molecule has 2 aromatic carbocycles. The Kier molecular flexibility index (Phi) is 4.86. The van der Waals surface area contributed by atoms with Crippen LogP contribution >= 0.6 is 15.9 Å². The molecule has 0 aliphatic heterocycles. The molecule has 2 aromatic rings. The summed E-state index contributed by atoms with van der Waals surface area (Å²) in [6.07, 6.45) is 0.351. The lowest BCUT2D eigenvalue weighted by molar-refractivity contribution is 0.521. The lowest BCUT2D eigenvalue weighted by atomic mass is 9.98. The molecule has 1 unspecified atom stereocenters. The third kappa shape index (κ3) is 3.42. The normalized spacial score (nSPS) is 12.4. The van der Waals surface area contributed by atoms with Crippen LogP contribution in [-0.2, 0) is 6.42 Å². The summed E-state index contributed by atoms with van der Waals surface area (Å²) in [5.41, 5.74) is 5.13. The summed E-state index contributed by atoms with van der Waals surface area (Å²) in [5.74, 6) is 4.43. The minimum Gasteiger partial charge on any atom is -0.271 e. The summed E-state index contributed by atoms with van der Waals surface area (Å²) in [4.78, 5) is 0. The number of halogens is 3. The quantitative estimate of drug-likeness (QED) is 0.656. The van der Waals surface area contributed by atoms with Gasteiger partial charge < -0.3 is 0 Å². The van der Waals surface area contributed by atoms with E-state index in [2.05, 4.69) is 21.4 Å². The summed E-state index contributed by atoms with van der Waals surface area (Å²) >= 11 is 3.43. The third-order valence-electron chi connectivity index (χ3n) is 3.22. The average molecular weight is 341 g/mol. The van der Waals surface area contributed by atoms with E-state index in [0.717, 1.165) is 21.7 Å².